The van der Waals surface area contributed by atoms with Crippen LogP contribution in [0.2, 0.25) is 0 Å². The Morgan fingerprint density at radius 2 is 1.83 bits per heavy atom. The van der Waals surface area contributed by atoms with Gasteiger partial charge in [-0.2, -0.15) is 12.7 Å². The summed E-state index contributed by atoms with van der Waals surface area (Å²) in [6.07, 6.45) is 4.20. The van der Waals surface area contributed by atoms with Crippen molar-refractivity contribution < 1.29 is 12.8 Å². The summed E-state index contributed by atoms with van der Waals surface area (Å²) in [5, 5.41) is 0. The molecule has 1 saturated heterocycles. The fourth-order valence-electron chi connectivity index (χ4n) is 3.00. The van der Waals surface area contributed by atoms with Crippen LogP contribution in [0.5, 0.6) is 0 Å². The molecule has 1 aromatic carbocycles. The van der Waals surface area contributed by atoms with Crippen molar-refractivity contribution in [3.05, 3.63) is 60.1 Å². The highest BCUT2D eigenvalue weighted by Gasteiger charge is 2.25. The summed E-state index contributed by atoms with van der Waals surface area (Å²) >= 11 is 0. The first-order chi connectivity index (χ1) is 11.2. The van der Waals surface area contributed by atoms with Crippen molar-refractivity contribution >= 4 is 10.2 Å². The Hall–Kier alpha value is -1.63. The molecular weight excluding hydrogens is 312 g/mol. The molecule has 0 bridgehead atoms. The highest BCUT2D eigenvalue weighted by molar-refractivity contribution is 7.87. The first-order valence-corrected chi connectivity index (χ1v) is 9.44. The van der Waals surface area contributed by atoms with E-state index in [2.05, 4.69) is 4.72 Å². The van der Waals surface area contributed by atoms with Gasteiger partial charge in [-0.15, -0.1) is 0 Å². The van der Waals surface area contributed by atoms with Gasteiger partial charge in [0.1, 0.15) is 5.76 Å². The summed E-state index contributed by atoms with van der Waals surface area (Å²) in [6.45, 7) is 1.63. The molecule has 124 valence electrons. The molecule has 1 N–H and O–H groups in total. The second-order valence-corrected chi connectivity index (χ2v) is 7.53. The van der Waals surface area contributed by atoms with Gasteiger partial charge >= 0.3 is 0 Å². The summed E-state index contributed by atoms with van der Waals surface area (Å²) in [7, 11) is -3.35. The van der Waals surface area contributed by atoms with Gasteiger partial charge in [0.25, 0.3) is 10.2 Å². The molecule has 2 aromatic rings. The summed E-state index contributed by atoms with van der Waals surface area (Å²) in [4.78, 5) is 0. The Kier molecular flexibility index (Phi) is 5.15. The zero-order valence-electron chi connectivity index (χ0n) is 13.0. The average molecular weight is 334 g/mol. The van der Waals surface area contributed by atoms with Crippen molar-refractivity contribution in [3.8, 4) is 0 Å². The molecule has 1 aromatic heterocycles. The Balaban J connectivity index is 1.66. The molecule has 2 heterocycles. The molecule has 0 aliphatic carbocycles. The third kappa shape index (κ3) is 4.02. The summed E-state index contributed by atoms with van der Waals surface area (Å²) in [6, 6.07) is 13.8. The van der Waals surface area contributed by atoms with Crippen molar-refractivity contribution in [2.45, 2.75) is 25.2 Å². The minimum absolute atomic E-state index is 0.0486. The molecule has 1 aliphatic heterocycles. The van der Waals surface area contributed by atoms with E-state index in [0.29, 0.717) is 26.1 Å². The lowest BCUT2D eigenvalue weighted by Gasteiger charge is -2.19. The molecular formula is C17H22N2O3S. The number of nitrogens with one attached hydrogen (secondary N) is 1. The van der Waals surface area contributed by atoms with Crippen LogP contribution in [0, 0.1) is 0 Å². The fraction of sp³-hybridized carbons (Fsp3) is 0.412. The molecule has 5 nitrogen and oxygen atoms in total. The third-order valence-electron chi connectivity index (χ3n) is 4.21. The van der Waals surface area contributed by atoms with Crippen LogP contribution in [-0.2, 0) is 10.2 Å². The number of hydrogen-bond acceptors (Lipinski definition) is 3. The molecule has 0 saturated carbocycles. The van der Waals surface area contributed by atoms with Crippen LogP contribution in [0.15, 0.2) is 53.1 Å². The van der Waals surface area contributed by atoms with Crippen LogP contribution in [0.25, 0.3) is 0 Å². The standard InChI is InChI=1S/C17H22N2O3S/c20-23(21,19-12-4-5-13-19)18-11-10-16(17-9-6-14-22-17)15-7-2-1-3-8-15/h1-3,6-9,14,16,18H,4-5,10-13H2. The van der Waals surface area contributed by atoms with Gasteiger partial charge in [-0.1, -0.05) is 30.3 Å². The van der Waals surface area contributed by atoms with Crippen molar-refractivity contribution in [2.75, 3.05) is 19.6 Å². The van der Waals surface area contributed by atoms with E-state index in [1.54, 1.807) is 6.26 Å². The number of rotatable bonds is 7. The van der Waals surface area contributed by atoms with Gasteiger partial charge in [-0.05, 0) is 37.0 Å². The van der Waals surface area contributed by atoms with E-state index in [1.165, 1.54) is 4.31 Å². The van der Waals surface area contributed by atoms with Gasteiger partial charge in [0, 0.05) is 25.6 Å². The van der Waals surface area contributed by atoms with Crippen LogP contribution in [0.4, 0.5) is 0 Å². The molecule has 3 rings (SSSR count). The first kappa shape index (κ1) is 16.2. The topological polar surface area (TPSA) is 62.6 Å². The van der Waals surface area contributed by atoms with Gasteiger partial charge in [0.05, 0.1) is 6.26 Å². The SMILES string of the molecule is O=S(=O)(NCCC(c1ccccc1)c1ccco1)N1CCCC1. The normalized spacial score (nSPS) is 17.4. The molecule has 1 unspecified atom stereocenters. The Labute approximate surface area is 137 Å². The van der Waals surface area contributed by atoms with Gasteiger partial charge in [-0.3, -0.25) is 0 Å². The predicted molar refractivity (Wildman–Crippen MR) is 89.3 cm³/mol. The molecule has 0 radical (unpaired) electrons. The van der Waals surface area contributed by atoms with Crippen molar-refractivity contribution in [3.63, 3.8) is 0 Å². The fourth-order valence-corrected chi connectivity index (χ4v) is 4.30. The Morgan fingerprint density at radius 1 is 1.09 bits per heavy atom. The number of benzene rings is 1. The molecule has 23 heavy (non-hydrogen) atoms. The maximum absolute atomic E-state index is 12.2. The summed E-state index contributed by atoms with van der Waals surface area (Å²) in [5.41, 5.74) is 1.13. The summed E-state index contributed by atoms with van der Waals surface area (Å²) in [5.74, 6) is 0.907. The highest BCUT2D eigenvalue weighted by atomic mass is 32.2. The van der Waals surface area contributed by atoms with Crippen molar-refractivity contribution in [1.82, 2.24) is 9.03 Å². The minimum atomic E-state index is -3.35. The molecule has 1 atom stereocenters. The van der Waals surface area contributed by atoms with Gasteiger partial charge in [0.2, 0.25) is 0 Å². The van der Waals surface area contributed by atoms with E-state index < -0.39 is 10.2 Å². The van der Waals surface area contributed by atoms with Crippen LogP contribution >= 0.6 is 0 Å². The van der Waals surface area contributed by atoms with Crippen molar-refractivity contribution in [2.24, 2.45) is 0 Å². The zero-order valence-corrected chi connectivity index (χ0v) is 13.8. The average Bonchev–Trinajstić information content (AvgIpc) is 3.25. The second kappa shape index (κ2) is 7.29. The van der Waals surface area contributed by atoms with Crippen LogP contribution in [-0.4, -0.2) is 32.4 Å². The number of hydrogen-bond donors (Lipinski definition) is 1. The monoisotopic (exact) mass is 334 g/mol. The van der Waals surface area contributed by atoms with E-state index in [1.807, 2.05) is 42.5 Å². The maximum atomic E-state index is 12.2. The zero-order chi connectivity index (χ0) is 16.1. The van der Waals surface area contributed by atoms with Crippen LogP contribution < -0.4 is 4.72 Å². The van der Waals surface area contributed by atoms with Crippen LogP contribution in [0.3, 0.4) is 0 Å². The third-order valence-corrected chi connectivity index (χ3v) is 5.82. The molecule has 0 spiro atoms. The van der Waals surface area contributed by atoms with E-state index in [0.717, 1.165) is 24.2 Å². The largest absolute Gasteiger partial charge is 0.469 e. The molecule has 1 fully saturated rings. The molecule has 1 aliphatic rings. The maximum Gasteiger partial charge on any atom is 0.279 e. The Bertz CT molecular complexity index is 693. The minimum Gasteiger partial charge on any atom is -0.469 e. The summed E-state index contributed by atoms with van der Waals surface area (Å²) < 4.78 is 34.2. The lowest BCUT2D eigenvalue weighted by Crippen LogP contribution is -2.39. The second-order valence-electron chi connectivity index (χ2n) is 5.77. The van der Waals surface area contributed by atoms with E-state index >= 15 is 0 Å². The lowest BCUT2D eigenvalue weighted by molar-refractivity contribution is 0.453. The van der Waals surface area contributed by atoms with E-state index in [-0.39, 0.29) is 5.92 Å². The molecule has 6 heteroatoms. The van der Waals surface area contributed by atoms with Crippen LogP contribution in [0.1, 0.15) is 36.5 Å². The van der Waals surface area contributed by atoms with Crippen molar-refractivity contribution in [1.29, 1.82) is 0 Å². The van der Waals surface area contributed by atoms with Gasteiger partial charge in [-0.25, -0.2) is 4.72 Å². The Morgan fingerprint density at radius 3 is 2.48 bits per heavy atom. The quantitative estimate of drug-likeness (QED) is 0.847. The van der Waals surface area contributed by atoms with E-state index in [4.69, 9.17) is 4.42 Å². The first-order valence-electron chi connectivity index (χ1n) is 8.00. The smallest absolute Gasteiger partial charge is 0.279 e. The highest BCUT2D eigenvalue weighted by Crippen LogP contribution is 2.28. The lowest BCUT2D eigenvalue weighted by atomic mass is 9.93. The number of furan rings is 1. The molecule has 0 amide bonds. The predicted octanol–water partition coefficient (Wildman–Crippen LogP) is 2.73. The van der Waals surface area contributed by atoms with Gasteiger partial charge in [0.15, 0.2) is 0 Å². The number of nitrogens with zero attached hydrogens (tertiary/aromatic N) is 1. The van der Waals surface area contributed by atoms with Gasteiger partial charge < -0.3 is 4.42 Å². The van der Waals surface area contributed by atoms with E-state index in [9.17, 15) is 8.42 Å².